The van der Waals surface area contributed by atoms with Crippen LogP contribution in [0.5, 0.6) is 0 Å². The number of rotatable bonds is 3. The Morgan fingerprint density at radius 1 is 1.00 bits per heavy atom. The van der Waals surface area contributed by atoms with Gasteiger partial charge in [0, 0.05) is 37.4 Å². The summed E-state index contributed by atoms with van der Waals surface area (Å²) in [5.41, 5.74) is 4.91. The van der Waals surface area contributed by atoms with E-state index in [4.69, 9.17) is 14.5 Å². The molecule has 25 heavy (non-hydrogen) atoms. The molecule has 2 fully saturated rings. The largest absolute Gasteiger partial charge is 0.381 e. The van der Waals surface area contributed by atoms with Crippen molar-refractivity contribution in [3.63, 3.8) is 0 Å². The average Bonchev–Trinajstić information content (AvgIpc) is 2.65. The van der Waals surface area contributed by atoms with Gasteiger partial charge in [-0.15, -0.1) is 0 Å². The molecule has 0 aliphatic carbocycles. The minimum atomic E-state index is 0.397. The molecule has 2 aromatic rings. The zero-order chi connectivity index (χ0) is 17.2. The molecule has 0 spiro atoms. The van der Waals surface area contributed by atoms with Gasteiger partial charge in [0.1, 0.15) is 0 Å². The molecule has 0 atom stereocenters. The number of pyridine rings is 1. The number of benzene rings is 1. The standard InChI is InChI=1S/C21H28N2O2/c1-15-16(2)22-20-6-4-3-5-19(20)21(15)23-11-7-17(8-12-23)25-18-9-13-24-14-10-18/h3-6,17-18H,7-14H2,1-2H3. The molecule has 0 bridgehead atoms. The van der Waals surface area contributed by atoms with Crippen LogP contribution in [0.1, 0.15) is 36.9 Å². The van der Waals surface area contributed by atoms with Crippen LogP contribution in [-0.4, -0.2) is 43.5 Å². The summed E-state index contributed by atoms with van der Waals surface area (Å²) in [5, 5.41) is 1.27. The summed E-state index contributed by atoms with van der Waals surface area (Å²) >= 11 is 0. The number of nitrogens with zero attached hydrogens (tertiary/aromatic N) is 2. The minimum absolute atomic E-state index is 0.397. The number of ether oxygens (including phenoxy) is 2. The van der Waals surface area contributed by atoms with Crippen molar-refractivity contribution in [2.45, 2.75) is 51.7 Å². The maximum Gasteiger partial charge on any atom is 0.0726 e. The van der Waals surface area contributed by atoms with Crippen LogP contribution in [0, 0.1) is 13.8 Å². The molecule has 0 N–H and O–H groups in total. The molecule has 0 amide bonds. The van der Waals surface area contributed by atoms with Crippen LogP contribution in [0.4, 0.5) is 5.69 Å². The lowest BCUT2D eigenvalue weighted by atomic mass is 10.0. The van der Waals surface area contributed by atoms with Gasteiger partial charge in [-0.05, 0) is 51.2 Å². The SMILES string of the molecule is Cc1nc2ccccc2c(N2CCC(OC3CCOCC3)CC2)c1C. The number of aromatic nitrogens is 1. The molecule has 0 radical (unpaired) electrons. The van der Waals surface area contributed by atoms with E-state index in [9.17, 15) is 0 Å². The predicted molar refractivity (Wildman–Crippen MR) is 101 cm³/mol. The summed E-state index contributed by atoms with van der Waals surface area (Å²) in [7, 11) is 0. The predicted octanol–water partition coefficient (Wildman–Crippen LogP) is 4.02. The molecule has 4 rings (SSSR count). The number of hydrogen-bond donors (Lipinski definition) is 0. The Morgan fingerprint density at radius 3 is 2.44 bits per heavy atom. The van der Waals surface area contributed by atoms with E-state index >= 15 is 0 Å². The summed E-state index contributed by atoms with van der Waals surface area (Å²) in [6.45, 7) is 8.14. The molecule has 4 heteroatoms. The number of anilines is 1. The lowest BCUT2D eigenvalue weighted by Crippen LogP contribution is -2.40. The van der Waals surface area contributed by atoms with Crippen molar-refractivity contribution in [1.29, 1.82) is 0 Å². The normalized spacial score (nSPS) is 20.3. The molecule has 0 saturated carbocycles. The van der Waals surface area contributed by atoms with Crippen LogP contribution in [0.3, 0.4) is 0 Å². The van der Waals surface area contributed by atoms with Crippen LogP contribution in [-0.2, 0) is 9.47 Å². The molecule has 1 aromatic carbocycles. The molecule has 4 nitrogen and oxygen atoms in total. The highest BCUT2D eigenvalue weighted by Gasteiger charge is 2.26. The van der Waals surface area contributed by atoms with E-state index in [1.807, 2.05) is 0 Å². The maximum absolute atomic E-state index is 6.34. The molecule has 0 unspecified atom stereocenters. The van der Waals surface area contributed by atoms with Crippen LogP contribution in [0.25, 0.3) is 10.9 Å². The van der Waals surface area contributed by atoms with Gasteiger partial charge in [-0.2, -0.15) is 0 Å². The van der Waals surface area contributed by atoms with Crippen LogP contribution >= 0.6 is 0 Å². The van der Waals surface area contributed by atoms with Gasteiger partial charge in [0.25, 0.3) is 0 Å². The maximum atomic E-state index is 6.34. The van der Waals surface area contributed by atoms with Gasteiger partial charge in [0.15, 0.2) is 0 Å². The first-order valence-electron chi connectivity index (χ1n) is 9.56. The Balaban J connectivity index is 1.49. The van der Waals surface area contributed by atoms with E-state index in [2.05, 4.69) is 43.0 Å². The van der Waals surface area contributed by atoms with Gasteiger partial charge in [-0.3, -0.25) is 4.98 Å². The zero-order valence-electron chi connectivity index (χ0n) is 15.3. The number of hydrogen-bond acceptors (Lipinski definition) is 4. The molecule has 134 valence electrons. The molecule has 2 saturated heterocycles. The van der Waals surface area contributed by atoms with E-state index in [0.717, 1.165) is 63.2 Å². The highest BCUT2D eigenvalue weighted by Crippen LogP contribution is 2.33. The van der Waals surface area contributed by atoms with Gasteiger partial charge >= 0.3 is 0 Å². The number of piperidine rings is 1. The Kier molecular flexibility index (Phi) is 4.91. The summed E-state index contributed by atoms with van der Waals surface area (Å²) in [6.07, 6.45) is 5.10. The second kappa shape index (κ2) is 7.30. The molecular weight excluding hydrogens is 312 g/mol. The summed E-state index contributed by atoms with van der Waals surface area (Å²) in [4.78, 5) is 7.30. The van der Waals surface area contributed by atoms with Crippen molar-refractivity contribution in [2.75, 3.05) is 31.2 Å². The fourth-order valence-electron chi connectivity index (χ4n) is 4.12. The highest BCUT2D eigenvalue weighted by atomic mass is 16.5. The first-order chi connectivity index (χ1) is 12.2. The highest BCUT2D eigenvalue weighted by molar-refractivity contribution is 5.93. The Hall–Kier alpha value is -1.65. The van der Waals surface area contributed by atoms with Gasteiger partial charge in [-0.25, -0.2) is 0 Å². The second-order valence-corrected chi connectivity index (χ2v) is 7.32. The van der Waals surface area contributed by atoms with Gasteiger partial charge in [0.2, 0.25) is 0 Å². The van der Waals surface area contributed by atoms with E-state index < -0.39 is 0 Å². The minimum Gasteiger partial charge on any atom is -0.381 e. The van der Waals surface area contributed by atoms with E-state index in [1.165, 1.54) is 16.6 Å². The van der Waals surface area contributed by atoms with Crippen molar-refractivity contribution < 1.29 is 9.47 Å². The van der Waals surface area contributed by atoms with E-state index in [1.54, 1.807) is 0 Å². The summed E-state index contributed by atoms with van der Waals surface area (Å²) < 4.78 is 11.8. The number of aryl methyl sites for hydroxylation is 1. The van der Waals surface area contributed by atoms with Gasteiger partial charge in [-0.1, -0.05) is 18.2 Å². The molecule has 3 heterocycles. The third-order valence-electron chi connectivity index (χ3n) is 5.66. The fourth-order valence-corrected chi connectivity index (χ4v) is 4.12. The lowest BCUT2D eigenvalue weighted by molar-refractivity contribution is -0.0743. The third kappa shape index (κ3) is 3.51. The summed E-state index contributed by atoms with van der Waals surface area (Å²) in [6, 6.07) is 8.51. The molecule has 2 aliphatic rings. The lowest BCUT2D eigenvalue weighted by Gasteiger charge is -2.37. The molecular formula is C21H28N2O2. The second-order valence-electron chi connectivity index (χ2n) is 7.32. The first kappa shape index (κ1) is 16.8. The fraction of sp³-hybridized carbons (Fsp3) is 0.571. The van der Waals surface area contributed by atoms with Crippen molar-refractivity contribution in [1.82, 2.24) is 4.98 Å². The van der Waals surface area contributed by atoms with Crippen molar-refractivity contribution in [2.24, 2.45) is 0 Å². The zero-order valence-corrected chi connectivity index (χ0v) is 15.3. The van der Waals surface area contributed by atoms with Crippen molar-refractivity contribution in [3.8, 4) is 0 Å². The Bertz CT molecular complexity index is 732. The monoisotopic (exact) mass is 340 g/mol. The molecule has 2 aliphatic heterocycles. The Morgan fingerprint density at radius 2 is 1.68 bits per heavy atom. The summed E-state index contributed by atoms with van der Waals surface area (Å²) in [5.74, 6) is 0. The average molecular weight is 340 g/mol. The van der Waals surface area contributed by atoms with Gasteiger partial charge in [0.05, 0.1) is 23.4 Å². The third-order valence-corrected chi connectivity index (χ3v) is 5.66. The van der Waals surface area contributed by atoms with Crippen molar-refractivity contribution >= 4 is 16.6 Å². The van der Waals surface area contributed by atoms with Gasteiger partial charge < -0.3 is 14.4 Å². The number of para-hydroxylation sites is 1. The van der Waals surface area contributed by atoms with E-state index in [0.29, 0.717) is 12.2 Å². The van der Waals surface area contributed by atoms with Crippen LogP contribution < -0.4 is 4.90 Å². The quantitative estimate of drug-likeness (QED) is 0.845. The van der Waals surface area contributed by atoms with Crippen molar-refractivity contribution in [3.05, 3.63) is 35.5 Å². The Labute approximate surface area is 150 Å². The van der Waals surface area contributed by atoms with Crippen LogP contribution in [0.15, 0.2) is 24.3 Å². The smallest absolute Gasteiger partial charge is 0.0726 e. The topological polar surface area (TPSA) is 34.6 Å². The number of fused-ring (bicyclic) bond motifs is 1. The van der Waals surface area contributed by atoms with Crippen LogP contribution in [0.2, 0.25) is 0 Å². The first-order valence-corrected chi connectivity index (χ1v) is 9.56. The van der Waals surface area contributed by atoms with E-state index in [-0.39, 0.29) is 0 Å². The molecule has 1 aromatic heterocycles.